The molecule has 0 unspecified atom stereocenters. The number of amides is 1. The maximum atomic E-state index is 12.1. The lowest BCUT2D eigenvalue weighted by Crippen LogP contribution is -2.36. The van der Waals surface area contributed by atoms with E-state index < -0.39 is 0 Å². The standard InChI is InChI=1S/C16H26N4O/c1-2-8-18-15-13-14(6-9-19-15)17-10-7-16(21)20-11-4-3-5-12-20/h6,9,13H,2-5,7-8,10-12H2,1H3,(H2,17,18,19). The van der Waals surface area contributed by atoms with E-state index in [-0.39, 0.29) is 5.91 Å². The van der Waals surface area contributed by atoms with Crippen LogP contribution in [0.5, 0.6) is 0 Å². The third-order valence-corrected chi connectivity index (χ3v) is 3.69. The molecule has 1 amide bonds. The van der Waals surface area contributed by atoms with E-state index in [0.717, 1.165) is 50.4 Å². The molecule has 1 aromatic rings. The van der Waals surface area contributed by atoms with Crippen LogP contribution in [0, 0.1) is 0 Å². The molecular formula is C16H26N4O. The molecule has 116 valence electrons. The summed E-state index contributed by atoms with van der Waals surface area (Å²) in [7, 11) is 0. The quantitative estimate of drug-likeness (QED) is 0.810. The summed E-state index contributed by atoms with van der Waals surface area (Å²) < 4.78 is 0. The zero-order chi connectivity index (χ0) is 14.9. The Kier molecular flexibility index (Phi) is 6.31. The van der Waals surface area contributed by atoms with Crippen molar-refractivity contribution >= 4 is 17.4 Å². The summed E-state index contributed by atoms with van der Waals surface area (Å²) in [6.07, 6.45) is 6.97. The Bertz CT molecular complexity index is 444. The maximum absolute atomic E-state index is 12.1. The summed E-state index contributed by atoms with van der Waals surface area (Å²) in [4.78, 5) is 18.3. The molecule has 21 heavy (non-hydrogen) atoms. The summed E-state index contributed by atoms with van der Waals surface area (Å²) in [5.41, 5.74) is 1.01. The van der Waals surface area contributed by atoms with Crippen molar-refractivity contribution in [1.29, 1.82) is 0 Å². The van der Waals surface area contributed by atoms with E-state index in [4.69, 9.17) is 0 Å². The number of carbonyl (C=O) groups is 1. The van der Waals surface area contributed by atoms with E-state index in [9.17, 15) is 4.79 Å². The molecule has 0 aliphatic carbocycles. The Labute approximate surface area is 127 Å². The van der Waals surface area contributed by atoms with Crippen LogP contribution in [0.2, 0.25) is 0 Å². The number of anilines is 2. The number of hydrogen-bond acceptors (Lipinski definition) is 4. The number of carbonyl (C=O) groups excluding carboxylic acids is 1. The molecule has 5 heteroatoms. The molecule has 0 atom stereocenters. The molecule has 0 radical (unpaired) electrons. The zero-order valence-corrected chi connectivity index (χ0v) is 12.9. The second-order valence-corrected chi connectivity index (χ2v) is 5.47. The minimum atomic E-state index is 0.264. The number of aromatic nitrogens is 1. The van der Waals surface area contributed by atoms with Crippen LogP contribution >= 0.6 is 0 Å². The van der Waals surface area contributed by atoms with Gasteiger partial charge in [-0.25, -0.2) is 4.98 Å². The van der Waals surface area contributed by atoms with Gasteiger partial charge in [-0.3, -0.25) is 4.79 Å². The molecule has 1 fully saturated rings. The van der Waals surface area contributed by atoms with E-state index in [1.54, 1.807) is 6.20 Å². The molecule has 1 aliphatic heterocycles. The van der Waals surface area contributed by atoms with Crippen LogP contribution in [-0.4, -0.2) is 42.0 Å². The van der Waals surface area contributed by atoms with Crippen molar-refractivity contribution in [2.75, 3.05) is 36.8 Å². The summed E-state index contributed by atoms with van der Waals surface area (Å²) in [5.74, 6) is 1.14. The molecule has 1 aliphatic rings. The van der Waals surface area contributed by atoms with E-state index in [2.05, 4.69) is 22.5 Å². The Morgan fingerprint density at radius 2 is 2.05 bits per heavy atom. The van der Waals surface area contributed by atoms with Gasteiger partial charge in [0.2, 0.25) is 5.91 Å². The van der Waals surface area contributed by atoms with Gasteiger partial charge in [0.15, 0.2) is 0 Å². The zero-order valence-electron chi connectivity index (χ0n) is 12.9. The summed E-state index contributed by atoms with van der Waals surface area (Å²) in [6.45, 7) is 5.58. The fourth-order valence-electron chi connectivity index (χ4n) is 2.51. The molecule has 1 aromatic heterocycles. The molecule has 2 rings (SSSR count). The number of pyridine rings is 1. The highest BCUT2D eigenvalue weighted by molar-refractivity contribution is 5.76. The smallest absolute Gasteiger partial charge is 0.224 e. The van der Waals surface area contributed by atoms with Crippen LogP contribution in [0.1, 0.15) is 39.0 Å². The number of rotatable bonds is 7. The van der Waals surface area contributed by atoms with Gasteiger partial charge in [-0.15, -0.1) is 0 Å². The van der Waals surface area contributed by atoms with Crippen LogP contribution in [0.4, 0.5) is 11.5 Å². The van der Waals surface area contributed by atoms with Gasteiger partial charge in [-0.1, -0.05) is 6.92 Å². The van der Waals surface area contributed by atoms with Crippen molar-refractivity contribution in [3.63, 3.8) is 0 Å². The number of hydrogen-bond donors (Lipinski definition) is 2. The maximum Gasteiger partial charge on any atom is 0.224 e. The minimum absolute atomic E-state index is 0.264. The first-order valence-electron chi connectivity index (χ1n) is 8.01. The highest BCUT2D eigenvalue weighted by Gasteiger charge is 2.15. The number of piperidine rings is 1. The Hall–Kier alpha value is -1.78. The molecule has 1 saturated heterocycles. The van der Waals surface area contributed by atoms with Gasteiger partial charge in [-0.05, 0) is 31.7 Å². The first kappa shape index (κ1) is 15.6. The SMILES string of the molecule is CCCNc1cc(NCCC(=O)N2CCCCC2)ccn1. The Morgan fingerprint density at radius 3 is 2.81 bits per heavy atom. The van der Waals surface area contributed by atoms with Gasteiger partial charge >= 0.3 is 0 Å². The predicted molar refractivity (Wildman–Crippen MR) is 86.6 cm³/mol. The van der Waals surface area contributed by atoms with Gasteiger partial charge in [0, 0.05) is 50.6 Å². The average molecular weight is 290 g/mol. The highest BCUT2D eigenvalue weighted by Crippen LogP contribution is 2.13. The lowest BCUT2D eigenvalue weighted by molar-refractivity contribution is -0.131. The molecule has 2 N–H and O–H groups in total. The number of likely N-dealkylation sites (tertiary alicyclic amines) is 1. The second-order valence-electron chi connectivity index (χ2n) is 5.47. The van der Waals surface area contributed by atoms with Gasteiger partial charge in [-0.2, -0.15) is 0 Å². The average Bonchev–Trinajstić information content (AvgIpc) is 2.54. The third kappa shape index (κ3) is 5.25. The lowest BCUT2D eigenvalue weighted by atomic mass is 10.1. The van der Waals surface area contributed by atoms with Crippen molar-refractivity contribution in [1.82, 2.24) is 9.88 Å². The predicted octanol–water partition coefficient (Wildman–Crippen LogP) is 2.72. The van der Waals surface area contributed by atoms with Crippen LogP contribution in [0.15, 0.2) is 18.3 Å². The monoisotopic (exact) mass is 290 g/mol. The van der Waals surface area contributed by atoms with Crippen molar-refractivity contribution in [3.8, 4) is 0 Å². The molecule has 0 spiro atoms. The van der Waals surface area contributed by atoms with Crippen LogP contribution in [0.3, 0.4) is 0 Å². The highest BCUT2D eigenvalue weighted by atomic mass is 16.2. The summed E-state index contributed by atoms with van der Waals surface area (Å²) in [6, 6.07) is 3.92. The number of nitrogens with zero attached hydrogens (tertiary/aromatic N) is 2. The minimum Gasteiger partial charge on any atom is -0.384 e. The largest absolute Gasteiger partial charge is 0.384 e. The molecule has 2 heterocycles. The van der Waals surface area contributed by atoms with Crippen molar-refractivity contribution in [3.05, 3.63) is 18.3 Å². The van der Waals surface area contributed by atoms with Gasteiger partial charge in [0.25, 0.3) is 0 Å². The van der Waals surface area contributed by atoms with Gasteiger partial charge in [0.1, 0.15) is 5.82 Å². The van der Waals surface area contributed by atoms with E-state index in [1.165, 1.54) is 6.42 Å². The first-order chi connectivity index (χ1) is 10.3. The second kappa shape index (κ2) is 8.49. The molecule has 5 nitrogen and oxygen atoms in total. The molecule has 0 bridgehead atoms. The van der Waals surface area contributed by atoms with Crippen molar-refractivity contribution in [2.45, 2.75) is 39.0 Å². The van der Waals surface area contributed by atoms with E-state index in [0.29, 0.717) is 13.0 Å². The van der Waals surface area contributed by atoms with Gasteiger partial charge in [0.05, 0.1) is 0 Å². The third-order valence-electron chi connectivity index (χ3n) is 3.69. The van der Waals surface area contributed by atoms with Crippen LogP contribution in [0.25, 0.3) is 0 Å². The number of nitrogens with one attached hydrogen (secondary N) is 2. The fourth-order valence-corrected chi connectivity index (χ4v) is 2.51. The van der Waals surface area contributed by atoms with Crippen LogP contribution < -0.4 is 10.6 Å². The van der Waals surface area contributed by atoms with E-state index in [1.807, 2.05) is 17.0 Å². The molecular weight excluding hydrogens is 264 g/mol. The lowest BCUT2D eigenvalue weighted by Gasteiger charge is -2.26. The van der Waals surface area contributed by atoms with Gasteiger partial charge < -0.3 is 15.5 Å². The topological polar surface area (TPSA) is 57.3 Å². The normalized spacial score (nSPS) is 14.8. The fraction of sp³-hybridized carbons (Fsp3) is 0.625. The van der Waals surface area contributed by atoms with Crippen LogP contribution in [-0.2, 0) is 4.79 Å². The molecule has 0 saturated carbocycles. The van der Waals surface area contributed by atoms with E-state index >= 15 is 0 Å². The Morgan fingerprint density at radius 1 is 1.24 bits per heavy atom. The summed E-state index contributed by atoms with van der Waals surface area (Å²) in [5, 5.41) is 6.56. The van der Waals surface area contributed by atoms with Crippen molar-refractivity contribution < 1.29 is 4.79 Å². The first-order valence-corrected chi connectivity index (χ1v) is 8.01. The molecule has 0 aromatic carbocycles. The Balaban J connectivity index is 1.73. The summed E-state index contributed by atoms with van der Waals surface area (Å²) >= 11 is 0. The van der Waals surface area contributed by atoms with Crippen molar-refractivity contribution in [2.24, 2.45) is 0 Å².